The van der Waals surface area contributed by atoms with Crippen LogP contribution >= 0.6 is 0 Å². The van der Waals surface area contributed by atoms with Crippen LogP contribution in [-0.2, 0) is 24.3 Å². The van der Waals surface area contributed by atoms with Crippen LogP contribution in [0, 0.1) is 19.8 Å². The Hall–Kier alpha value is -2.15. The van der Waals surface area contributed by atoms with Crippen LogP contribution in [0.2, 0.25) is 0 Å². The first kappa shape index (κ1) is 18.2. The van der Waals surface area contributed by atoms with E-state index >= 15 is 0 Å². The Balaban J connectivity index is 1.39. The maximum Gasteiger partial charge on any atom is 0.226 e. The van der Waals surface area contributed by atoms with Crippen LogP contribution in [0.4, 0.5) is 0 Å². The van der Waals surface area contributed by atoms with Gasteiger partial charge >= 0.3 is 0 Å². The molecule has 0 radical (unpaired) electrons. The van der Waals surface area contributed by atoms with Gasteiger partial charge in [0.05, 0.1) is 23.9 Å². The number of nitrogens with one attached hydrogen (secondary N) is 1. The zero-order valence-corrected chi connectivity index (χ0v) is 16.5. The molecule has 2 aliphatic rings. The summed E-state index contributed by atoms with van der Waals surface area (Å²) < 4.78 is 7.50. The number of aromatic nitrogens is 3. The van der Waals surface area contributed by atoms with Gasteiger partial charge in [-0.25, -0.2) is 4.98 Å². The van der Waals surface area contributed by atoms with E-state index in [2.05, 4.69) is 26.9 Å². The maximum absolute atomic E-state index is 12.2. The summed E-state index contributed by atoms with van der Waals surface area (Å²) in [4.78, 5) is 19.4. The van der Waals surface area contributed by atoms with E-state index in [1.165, 1.54) is 19.3 Å². The van der Waals surface area contributed by atoms with Gasteiger partial charge in [0.25, 0.3) is 0 Å². The first-order valence-electron chi connectivity index (χ1n) is 9.99. The van der Waals surface area contributed by atoms with Crippen molar-refractivity contribution in [2.45, 2.75) is 65.6 Å². The molecule has 4 rings (SSSR count). The van der Waals surface area contributed by atoms with E-state index in [0.29, 0.717) is 12.3 Å². The lowest BCUT2D eigenvalue weighted by Gasteiger charge is -2.33. The summed E-state index contributed by atoms with van der Waals surface area (Å²) >= 11 is 0. The number of carbonyl (C=O) groups excluding carboxylic acids is 1. The molecule has 1 aliphatic carbocycles. The van der Waals surface area contributed by atoms with Gasteiger partial charge in [-0.2, -0.15) is 0 Å². The largest absolute Gasteiger partial charge is 0.361 e. The molecule has 0 saturated heterocycles. The van der Waals surface area contributed by atoms with Crippen molar-refractivity contribution in [3.8, 4) is 0 Å². The molecule has 0 unspecified atom stereocenters. The summed E-state index contributed by atoms with van der Waals surface area (Å²) in [6, 6.07) is 0.194. The predicted molar refractivity (Wildman–Crippen MR) is 101 cm³/mol. The van der Waals surface area contributed by atoms with Crippen molar-refractivity contribution in [3.63, 3.8) is 0 Å². The molecule has 1 fully saturated rings. The van der Waals surface area contributed by atoms with Crippen LogP contribution in [0.15, 0.2) is 10.7 Å². The molecule has 3 heterocycles. The zero-order chi connectivity index (χ0) is 19.0. The molecule has 146 valence electrons. The number of hydrogen-bond acceptors (Lipinski definition) is 5. The molecule has 1 N–H and O–H groups in total. The van der Waals surface area contributed by atoms with E-state index in [4.69, 9.17) is 9.51 Å². The van der Waals surface area contributed by atoms with Crippen molar-refractivity contribution in [3.05, 3.63) is 34.7 Å². The number of carbonyl (C=O) groups is 1. The van der Waals surface area contributed by atoms with Crippen molar-refractivity contribution in [2.75, 3.05) is 13.1 Å². The van der Waals surface area contributed by atoms with Gasteiger partial charge in [0, 0.05) is 37.9 Å². The fraction of sp³-hybridized carbons (Fsp3) is 0.650. The highest BCUT2D eigenvalue weighted by Crippen LogP contribution is 2.28. The Bertz CT molecular complexity index is 801. The molecule has 1 amide bonds. The second kappa shape index (κ2) is 7.46. The van der Waals surface area contributed by atoms with E-state index in [0.717, 1.165) is 54.7 Å². The number of rotatable bonds is 6. The second-order valence-electron chi connectivity index (χ2n) is 8.01. The van der Waals surface area contributed by atoms with Gasteiger partial charge in [-0.1, -0.05) is 11.6 Å². The minimum Gasteiger partial charge on any atom is -0.361 e. The van der Waals surface area contributed by atoms with E-state index in [1.807, 2.05) is 20.0 Å². The number of nitrogens with zero attached hydrogens (tertiary/aromatic N) is 4. The van der Waals surface area contributed by atoms with E-state index < -0.39 is 0 Å². The summed E-state index contributed by atoms with van der Waals surface area (Å²) in [5, 5.41) is 7.12. The zero-order valence-electron chi connectivity index (χ0n) is 16.5. The fourth-order valence-corrected chi connectivity index (χ4v) is 4.01. The average Bonchev–Trinajstić information content (AvgIpc) is 3.14. The molecule has 27 heavy (non-hydrogen) atoms. The van der Waals surface area contributed by atoms with E-state index in [-0.39, 0.29) is 11.9 Å². The number of amides is 1. The van der Waals surface area contributed by atoms with Crippen LogP contribution in [0.25, 0.3) is 0 Å². The topological polar surface area (TPSA) is 76.2 Å². The first-order valence-corrected chi connectivity index (χ1v) is 9.99. The third-order valence-corrected chi connectivity index (χ3v) is 6.10. The Morgan fingerprint density at radius 3 is 2.81 bits per heavy atom. The van der Waals surface area contributed by atoms with E-state index in [1.54, 1.807) is 0 Å². The van der Waals surface area contributed by atoms with Gasteiger partial charge < -0.3 is 14.4 Å². The monoisotopic (exact) mass is 371 g/mol. The van der Waals surface area contributed by atoms with Crippen LogP contribution in [0.1, 0.15) is 60.8 Å². The molecule has 7 nitrogen and oxygen atoms in total. The van der Waals surface area contributed by atoms with Crippen molar-refractivity contribution in [1.29, 1.82) is 0 Å². The summed E-state index contributed by atoms with van der Waals surface area (Å²) in [6.07, 6.45) is 6.21. The van der Waals surface area contributed by atoms with Crippen LogP contribution < -0.4 is 5.32 Å². The van der Waals surface area contributed by atoms with E-state index in [9.17, 15) is 4.79 Å². The van der Waals surface area contributed by atoms with Crippen molar-refractivity contribution < 1.29 is 9.32 Å². The first-order chi connectivity index (χ1) is 13.0. The number of hydrogen-bond donors (Lipinski definition) is 1. The third-order valence-electron chi connectivity index (χ3n) is 6.10. The normalized spacial score (nSPS) is 20.3. The molecule has 1 atom stereocenters. The SMILES string of the molecule is Cc1noc(C)c1CN1CCn2cc(CC(=O)NCC3CCC3)nc2[C@@H]1C. The Labute approximate surface area is 160 Å². The molecule has 2 aromatic rings. The van der Waals surface area contributed by atoms with Gasteiger partial charge in [-0.05, 0) is 39.5 Å². The van der Waals surface area contributed by atoms with Crippen LogP contribution in [0.3, 0.4) is 0 Å². The fourth-order valence-electron chi connectivity index (χ4n) is 4.01. The van der Waals surface area contributed by atoms with Gasteiger partial charge in [0.2, 0.25) is 5.91 Å². The highest BCUT2D eigenvalue weighted by Gasteiger charge is 2.28. The standard InChI is InChI=1S/C20H29N5O2/c1-13-18(15(3)27-23-13)12-24-7-8-25-11-17(22-20(25)14(24)2)9-19(26)21-10-16-5-4-6-16/h11,14,16H,4-10,12H2,1-3H3,(H,21,26)/t14-/m0/s1. The molecular formula is C20H29N5O2. The minimum absolute atomic E-state index is 0.0811. The van der Waals surface area contributed by atoms with Crippen molar-refractivity contribution in [2.24, 2.45) is 5.92 Å². The van der Waals surface area contributed by atoms with Crippen LogP contribution in [0.5, 0.6) is 0 Å². The Kier molecular flexibility index (Phi) is 5.04. The third kappa shape index (κ3) is 3.78. The molecule has 0 bridgehead atoms. The van der Waals surface area contributed by atoms with Crippen molar-refractivity contribution >= 4 is 5.91 Å². The summed E-state index contributed by atoms with van der Waals surface area (Å²) in [6.45, 7) is 9.59. The quantitative estimate of drug-likeness (QED) is 0.844. The highest BCUT2D eigenvalue weighted by atomic mass is 16.5. The molecule has 1 saturated carbocycles. The second-order valence-corrected chi connectivity index (χ2v) is 8.01. The maximum atomic E-state index is 12.2. The van der Waals surface area contributed by atoms with Gasteiger partial charge in [0.15, 0.2) is 0 Å². The number of fused-ring (bicyclic) bond motifs is 1. The van der Waals surface area contributed by atoms with Gasteiger partial charge in [-0.15, -0.1) is 0 Å². The predicted octanol–water partition coefficient (Wildman–Crippen LogP) is 2.52. The molecule has 0 spiro atoms. The summed E-state index contributed by atoms with van der Waals surface area (Å²) in [5.41, 5.74) is 2.98. The van der Waals surface area contributed by atoms with Crippen LogP contribution in [-0.4, -0.2) is 38.6 Å². The molecule has 0 aromatic carbocycles. The molecule has 2 aromatic heterocycles. The molecular weight excluding hydrogens is 342 g/mol. The molecule has 1 aliphatic heterocycles. The minimum atomic E-state index is 0.0811. The Morgan fingerprint density at radius 2 is 2.15 bits per heavy atom. The number of imidazole rings is 1. The van der Waals surface area contributed by atoms with Crippen molar-refractivity contribution in [1.82, 2.24) is 24.9 Å². The molecule has 7 heteroatoms. The lowest BCUT2D eigenvalue weighted by Crippen LogP contribution is -2.36. The lowest BCUT2D eigenvalue weighted by atomic mass is 9.85. The smallest absolute Gasteiger partial charge is 0.226 e. The average molecular weight is 371 g/mol. The van der Waals surface area contributed by atoms with Gasteiger partial charge in [0.1, 0.15) is 11.6 Å². The number of aryl methyl sites for hydroxylation is 2. The lowest BCUT2D eigenvalue weighted by molar-refractivity contribution is -0.120. The highest BCUT2D eigenvalue weighted by molar-refractivity contribution is 5.78. The summed E-state index contributed by atoms with van der Waals surface area (Å²) in [7, 11) is 0. The Morgan fingerprint density at radius 1 is 1.33 bits per heavy atom. The van der Waals surface area contributed by atoms with Gasteiger partial charge in [-0.3, -0.25) is 9.69 Å². The summed E-state index contributed by atoms with van der Waals surface area (Å²) in [5.74, 6) is 2.69.